The highest BCUT2D eigenvalue weighted by molar-refractivity contribution is 5.88. The molecule has 0 spiro atoms. The molecule has 0 fully saturated rings. The summed E-state index contributed by atoms with van der Waals surface area (Å²) in [5.41, 5.74) is 1.83. The van der Waals surface area contributed by atoms with E-state index >= 15 is 0 Å². The lowest BCUT2D eigenvalue weighted by molar-refractivity contribution is -0.384. The van der Waals surface area contributed by atoms with E-state index in [-0.39, 0.29) is 11.4 Å². The molecule has 28 heavy (non-hydrogen) atoms. The van der Waals surface area contributed by atoms with Crippen LogP contribution in [0.25, 0.3) is 6.08 Å². The molecule has 3 aromatic carbocycles. The molecule has 0 aliphatic rings. The lowest BCUT2D eigenvalue weighted by atomic mass is 10.2. The van der Waals surface area contributed by atoms with Gasteiger partial charge < -0.3 is 9.47 Å². The van der Waals surface area contributed by atoms with E-state index in [9.17, 15) is 14.9 Å². The highest BCUT2D eigenvalue weighted by Gasteiger charge is 2.06. The second-order valence-corrected chi connectivity index (χ2v) is 5.85. The van der Waals surface area contributed by atoms with Gasteiger partial charge in [0.05, 0.1) is 4.92 Å². The molecule has 6 nitrogen and oxygen atoms in total. The summed E-state index contributed by atoms with van der Waals surface area (Å²) in [5, 5.41) is 10.6. The van der Waals surface area contributed by atoms with Crippen molar-refractivity contribution in [2.24, 2.45) is 0 Å². The minimum atomic E-state index is -0.571. The summed E-state index contributed by atoms with van der Waals surface area (Å²) < 4.78 is 10.8. The van der Waals surface area contributed by atoms with Crippen molar-refractivity contribution >= 4 is 17.7 Å². The number of non-ortho nitro benzene ring substituents is 1. The van der Waals surface area contributed by atoms with Gasteiger partial charge in [0.2, 0.25) is 0 Å². The van der Waals surface area contributed by atoms with Crippen LogP contribution in [0.3, 0.4) is 0 Å². The van der Waals surface area contributed by atoms with Crippen LogP contribution in [-0.2, 0) is 11.4 Å². The van der Waals surface area contributed by atoms with Crippen LogP contribution in [0.1, 0.15) is 11.1 Å². The maximum Gasteiger partial charge on any atom is 0.336 e. The summed E-state index contributed by atoms with van der Waals surface area (Å²) in [6.07, 6.45) is 2.91. The van der Waals surface area contributed by atoms with Gasteiger partial charge in [0.25, 0.3) is 5.69 Å². The normalized spacial score (nSPS) is 10.6. The predicted octanol–water partition coefficient (Wildman–Crippen LogP) is 4.79. The Hall–Kier alpha value is -3.93. The van der Waals surface area contributed by atoms with Crippen molar-refractivity contribution in [3.8, 4) is 11.5 Å². The van der Waals surface area contributed by atoms with Gasteiger partial charge >= 0.3 is 5.97 Å². The van der Waals surface area contributed by atoms with Crippen LogP contribution >= 0.6 is 0 Å². The van der Waals surface area contributed by atoms with Crippen LogP contribution in [0.15, 0.2) is 84.9 Å². The number of nitro benzene ring substituents is 1. The van der Waals surface area contributed by atoms with E-state index in [0.29, 0.717) is 6.61 Å². The number of rotatable bonds is 7. The Bertz CT molecular complexity index is 964. The third-order valence-electron chi connectivity index (χ3n) is 3.81. The first kappa shape index (κ1) is 18.8. The summed E-state index contributed by atoms with van der Waals surface area (Å²) in [6.45, 7) is 0.484. The molecule has 6 heteroatoms. The lowest BCUT2D eigenvalue weighted by Gasteiger charge is -2.06. The van der Waals surface area contributed by atoms with Gasteiger partial charge in [-0.05, 0) is 41.5 Å². The molecule has 3 aromatic rings. The molecule has 0 saturated carbocycles. The van der Waals surface area contributed by atoms with Crippen molar-refractivity contribution in [2.75, 3.05) is 0 Å². The molecule has 0 aliphatic carbocycles. The average molecular weight is 375 g/mol. The number of carbonyl (C=O) groups excluding carboxylic acids is 1. The molecule has 0 N–H and O–H groups in total. The SMILES string of the molecule is O=C(/C=C/c1ccc(OCc2ccccc2)cc1)Oc1ccc([N+](=O)[O-])cc1. The summed E-state index contributed by atoms with van der Waals surface area (Å²) in [5.74, 6) is 0.401. The smallest absolute Gasteiger partial charge is 0.336 e. The molecular weight excluding hydrogens is 358 g/mol. The van der Waals surface area contributed by atoms with Gasteiger partial charge in [0, 0.05) is 18.2 Å². The Morgan fingerprint density at radius 2 is 1.54 bits per heavy atom. The summed E-state index contributed by atoms with van der Waals surface area (Å²) in [7, 11) is 0. The first-order valence-electron chi connectivity index (χ1n) is 8.51. The Balaban J connectivity index is 1.52. The summed E-state index contributed by atoms with van der Waals surface area (Å²) >= 11 is 0. The van der Waals surface area contributed by atoms with E-state index in [1.54, 1.807) is 6.08 Å². The van der Waals surface area contributed by atoms with E-state index in [4.69, 9.17) is 9.47 Å². The van der Waals surface area contributed by atoms with Crippen LogP contribution in [0, 0.1) is 10.1 Å². The van der Waals surface area contributed by atoms with Crippen LogP contribution in [0.2, 0.25) is 0 Å². The lowest BCUT2D eigenvalue weighted by Crippen LogP contribution is -2.03. The molecule has 140 valence electrons. The number of hydrogen-bond donors (Lipinski definition) is 0. The molecule has 0 aromatic heterocycles. The molecule has 0 saturated heterocycles. The van der Waals surface area contributed by atoms with Crippen LogP contribution in [-0.4, -0.2) is 10.9 Å². The highest BCUT2D eigenvalue weighted by Crippen LogP contribution is 2.18. The third-order valence-corrected chi connectivity index (χ3v) is 3.81. The number of ether oxygens (including phenoxy) is 2. The molecule has 0 bridgehead atoms. The number of esters is 1. The van der Waals surface area contributed by atoms with Crippen LogP contribution in [0.4, 0.5) is 5.69 Å². The number of benzene rings is 3. The maximum absolute atomic E-state index is 11.9. The Labute approximate surface area is 161 Å². The quantitative estimate of drug-likeness (QED) is 0.195. The molecule has 0 unspecified atom stereocenters. The second kappa shape index (κ2) is 9.14. The predicted molar refractivity (Wildman–Crippen MR) is 105 cm³/mol. The van der Waals surface area contributed by atoms with Crippen LogP contribution in [0.5, 0.6) is 11.5 Å². The van der Waals surface area contributed by atoms with Crippen molar-refractivity contribution in [1.82, 2.24) is 0 Å². The third kappa shape index (κ3) is 5.54. The number of nitro groups is 1. The van der Waals surface area contributed by atoms with Gasteiger partial charge in [-0.1, -0.05) is 42.5 Å². The van der Waals surface area contributed by atoms with Crippen molar-refractivity contribution in [2.45, 2.75) is 6.61 Å². The number of nitrogens with zero attached hydrogens (tertiary/aromatic N) is 1. The van der Waals surface area contributed by atoms with Crippen molar-refractivity contribution in [1.29, 1.82) is 0 Å². The van der Waals surface area contributed by atoms with E-state index in [1.165, 1.54) is 30.3 Å². The molecule has 0 atom stereocenters. The van der Waals surface area contributed by atoms with Gasteiger partial charge in [0.15, 0.2) is 0 Å². The van der Waals surface area contributed by atoms with E-state index in [1.807, 2.05) is 54.6 Å². The minimum Gasteiger partial charge on any atom is -0.489 e. The average Bonchev–Trinajstić information content (AvgIpc) is 2.72. The largest absolute Gasteiger partial charge is 0.489 e. The van der Waals surface area contributed by atoms with Gasteiger partial charge in [-0.25, -0.2) is 4.79 Å². The molecule has 0 radical (unpaired) electrons. The monoisotopic (exact) mass is 375 g/mol. The fraction of sp³-hybridized carbons (Fsp3) is 0.0455. The molecule has 0 heterocycles. The molecular formula is C22H17NO5. The van der Waals surface area contributed by atoms with E-state index in [0.717, 1.165) is 16.9 Å². The fourth-order valence-electron chi connectivity index (χ4n) is 2.37. The fourth-order valence-corrected chi connectivity index (χ4v) is 2.37. The minimum absolute atomic E-state index is 0.0649. The summed E-state index contributed by atoms with van der Waals surface area (Å²) in [4.78, 5) is 22.0. The number of carbonyl (C=O) groups is 1. The molecule has 0 amide bonds. The van der Waals surface area contributed by atoms with Crippen LogP contribution < -0.4 is 9.47 Å². The van der Waals surface area contributed by atoms with Gasteiger partial charge in [-0.3, -0.25) is 10.1 Å². The molecule has 0 aliphatic heterocycles. The van der Waals surface area contributed by atoms with Crippen molar-refractivity contribution in [3.05, 3.63) is 106 Å². The zero-order valence-corrected chi connectivity index (χ0v) is 14.9. The Kier molecular flexibility index (Phi) is 6.15. The first-order chi connectivity index (χ1) is 13.6. The van der Waals surface area contributed by atoms with E-state index in [2.05, 4.69) is 0 Å². The van der Waals surface area contributed by atoms with Gasteiger partial charge in [-0.15, -0.1) is 0 Å². The van der Waals surface area contributed by atoms with E-state index < -0.39 is 10.9 Å². The maximum atomic E-state index is 11.9. The zero-order valence-electron chi connectivity index (χ0n) is 14.9. The highest BCUT2D eigenvalue weighted by atomic mass is 16.6. The summed E-state index contributed by atoms with van der Waals surface area (Å²) in [6, 6.07) is 22.5. The van der Waals surface area contributed by atoms with Crippen molar-refractivity contribution < 1.29 is 19.2 Å². The Morgan fingerprint density at radius 3 is 2.18 bits per heavy atom. The topological polar surface area (TPSA) is 78.7 Å². The van der Waals surface area contributed by atoms with Crippen molar-refractivity contribution in [3.63, 3.8) is 0 Å². The molecule has 3 rings (SSSR count). The Morgan fingerprint density at radius 1 is 0.893 bits per heavy atom. The zero-order chi connectivity index (χ0) is 19.8. The standard InChI is InChI=1S/C22H17NO5/c24-22(28-21-13-9-19(10-14-21)23(25)26)15-8-17-6-11-20(12-7-17)27-16-18-4-2-1-3-5-18/h1-15H,16H2/b15-8+. The first-order valence-corrected chi connectivity index (χ1v) is 8.51. The van der Waals surface area contributed by atoms with Gasteiger partial charge in [0.1, 0.15) is 18.1 Å². The van der Waals surface area contributed by atoms with Gasteiger partial charge in [-0.2, -0.15) is 0 Å². The number of hydrogen-bond acceptors (Lipinski definition) is 5. The second-order valence-electron chi connectivity index (χ2n) is 5.85.